The number of nitrogens with zero attached hydrogens (tertiary/aromatic N) is 3. The number of hydrogen-bond acceptors (Lipinski definition) is 4. The van der Waals surface area contributed by atoms with Crippen LogP contribution in [-0.4, -0.2) is 58.6 Å². The molecule has 1 aromatic rings. The fourth-order valence-electron chi connectivity index (χ4n) is 3.34. The van der Waals surface area contributed by atoms with E-state index in [0.29, 0.717) is 6.04 Å². The molecule has 3 rings (SSSR count). The summed E-state index contributed by atoms with van der Waals surface area (Å²) < 4.78 is 2.09. The molecule has 2 atom stereocenters. The summed E-state index contributed by atoms with van der Waals surface area (Å²) in [6, 6.07) is 0.324. The van der Waals surface area contributed by atoms with E-state index in [1.54, 1.807) is 6.20 Å². The third-order valence-electron chi connectivity index (χ3n) is 4.53. The maximum atomic E-state index is 12.7. The summed E-state index contributed by atoms with van der Waals surface area (Å²) in [6.45, 7) is 4.43. The maximum absolute atomic E-state index is 12.7. The molecule has 3 heterocycles. The number of rotatable bonds is 4. The second kappa shape index (κ2) is 7.04. The van der Waals surface area contributed by atoms with Gasteiger partial charge in [0.15, 0.2) is 0 Å². The third kappa shape index (κ3) is 3.63. The van der Waals surface area contributed by atoms with Crippen molar-refractivity contribution in [2.24, 2.45) is 0 Å². The second-order valence-corrected chi connectivity index (χ2v) is 5.98. The molecule has 6 heteroatoms. The van der Waals surface area contributed by atoms with E-state index in [4.69, 9.17) is 0 Å². The molecular formula is C15H25N5O. The molecule has 0 aliphatic carbocycles. The number of aromatic nitrogens is 2. The van der Waals surface area contributed by atoms with E-state index >= 15 is 0 Å². The Morgan fingerprint density at radius 2 is 2.29 bits per heavy atom. The minimum atomic E-state index is -0.0485. The molecule has 1 unspecified atom stereocenters. The highest BCUT2D eigenvalue weighted by molar-refractivity contribution is 5.82. The van der Waals surface area contributed by atoms with E-state index in [1.165, 1.54) is 6.42 Å². The molecule has 2 fully saturated rings. The molecule has 21 heavy (non-hydrogen) atoms. The zero-order chi connectivity index (χ0) is 14.5. The first-order valence-electron chi connectivity index (χ1n) is 8.05. The van der Waals surface area contributed by atoms with Crippen LogP contribution in [0.3, 0.4) is 0 Å². The minimum absolute atomic E-state index is 0.0485. The first-order valence-corrected chi connectivity index (χ1v) is 8.05. The van der Waals surface area contributed by atoms with Crippen molar-refractivity contribution in [3.05, 3.63) is 18.7 Å². The van der Waals surface area contributed by atoms with Gasteiger partial charge in [0, 0.05) is 51.2 Å². The Hall–Kier alpha value is -1.40. The highest BCUT2D eigenvalue weighted by Gasteiger charge is 2.31. The van der Waals surface area contributed by atoms with Crippen molar-refractivity contribution in [1.82, 2.24) is 25.1 Å². The molecule has 0 bridgehead atoms. The molecule has 0 spiro atoms. The molecule has 1 aromatic heterocycles. The number of nitrogens with one attached hydrogen (secondary N) is 2. The summed E-state index contributed by atoms with van der Waals surface area (Å²) in [5.41, 5.74) is 0. The van der Waals surface area contributed by atoms with Crippen molar-refractivity contribution in [3.63, 3.8) is 0 Å². The van der Waals surface area contributed by atoms with E-state index < -0.39 is 0 Å². The molecule has 0 saturated carbocycles. The first-order chi connectivity index (χ1) is 10.3. The van der Waals surface area contributed by atoms with Gasteiger partial charge in [-0.15, -0.1) is 0 Å². The Morgan fingerprint density at radius 3 is 3.05 bits per heavy atom. The number of carbonyl (C=O) groups is 1. The van der Waals surface area contributed by atoms with Gasteiger partial charge in [-0.05, 0) is 25.7 Å². The van der Waals surface area contributed by atoms with Crippen LogP contribution in [0.15, 0.2) is 18.7 Å². The molecule has 0 aromatic carbocycles. The van der Waals surface area contributed by atoms with Gasteiger partial charge >= 0.3 is 0 Å². The molecule has 2 aliphatic rings. The third-order valence-corrected chi connectivity index (χ3v) is 4.53. The predicted molar refractivity (Wildman–Crippen MR) is 80.9 cm³/mol. The van der Waals surface area contributed by atoms with E-state index in [2.05, 4.69) is 25.1 Å². The number of aryl methyl sites for hydroxylation is 1. The topological polar surface area (TPSA) is 62.2 Å². The summed E-state index contributed by atoms with van der Waals surface area (Å²) in [5, 5.41) is 6.64. The van der Waals surface area contributed by atoms with Crippen LogP contribution in [0.1, 0.15) is 25.7 Å². The van der Waals surface area contributed by atoms with Gasteiger partial charge in [0.1, 0.15) is 0 Å². The number of piperidine rings is 1. The Kier molecular flexibility index (Phi) is 4.87. The van der Waals surface area contributed by atoms with E-state index in [9.17, 15) is 4.79 Å². The summed E-state index contributed by atoms with van der Waals surface area (Å²) in [6.07, 6.45) is 10.1. The first kappa shape index (κ1) is 14.5. The minimum Gasteiger partial charge on any atom is -0.338 e. The normalized spacial score (nSPS) is 26.8. The van der Waals surface area contributed by atoms with Crippen LogP contribution in [0.2, 0.25) is 0 Å². The zero-order valence-electron chi connectivity index (χ0n) is 12.5. The quantitative estimate of drug-likeness (QED) is 0.833. The van der Waals surface area contributed by atoms with E-state index in [0.717, 1.165) is 52.0 Å². The predicted octanol–water partition coefficient (Wildman–Crippen LogP) is 0.216. The van der Waals surface area contributed by atoms with Gasteiger partial charge < -0.3 is 20.1 Å². The summed E-state index contributed by atoms with van der Waals surface area (Å²) in [4.78, 5) is 18.9. The Labute approximate surface area is 125 Å². The Bertz CT molecular complexity index is 441. The molecule has 1 amide bonds. The molecule has 6 nitrogen and oxygen atoms in total. The van der Waals surface area contributed by atoms with Crippen molar-refractivity contribution in [3.8, 4) is 0 Å². The molecule has 116 valence electrons. The van der Waals surface area contributed by atoms with Crippen LogP contribution in [0.4, 0.5) is 0 Å². The number of likely N-dealkylation sites (tertiary alicyclic amines) is 1. The molecular weight excluding hydrogens is 266 g/mol. The van der Waals surface area contributed by atoms with Crippen LogP contribution >= 0.6 is 0 Å². The van der Waals surface area contributed by atoms with Gasteiger partial charge in [0.2, 0.25) is 5.91 Å². The molecule has 2 saturated heterocycles. The lowest BCUT2D eigenvalue weighted by molar-refractivity contribution is -0.137. The molecule has 2 N–H and O–H groups in total. The fraction of sp³-hybridized carbons (Fsp3) is 0.733. The Balaban J connectivity index is 1.59. The molecule has 2 aliphatic heterocycles. The number of imidazole rings is 1. The van der Waals surface area contributed by atoms with Crippen LogP contribution < -0.4 is 10.6 Å². The van der Waals surface area contributed by atoms with Crippen molar-refractivity contribution in [2.75, 3.05) is 26.2 Å². The lowest BCUT2D eigenvalue weighted by atomic mass is 9.98. The maximum Gasteiger partial charge on any atom is 0.241 e. The number of amides is 1. The molecule has 0 radical (unpaired) electrons. The average molecular weight is 291 g/mol. The standard InChI is InChI=1S/C15H25N5O/c21-15(14-11-16-5-6-18-14)20-8-2-1-3-13(20)4-9-19-10-7-17-12-19/h7,10,12-14,16,18H,1-6,8-9,11H2/t13-,14?/m1/s1. The number of carbonyl (C=O) groups excluding carboxylic acids is 1. The van der Waals surface area contributed by atoms with Gasteiger partial charge in [0.05, 0.1) is 12.4 Å². The van der Waals surface area contributed by atoms with Gasteiger partial charge in [-0.2, -0.15) is 0 Å². The van der Waals surface area contributed by atoms with Crippen molar-refractivity contribution < 1.29 is 4.79 Å². The van der Waals surface area contributed by atoms with Crippen molar-refractivity contribution in [2.45, 2.75) is 44.3 Å². The average Bonchev–Trinajstić information content (AvgIpc) is 3.07. The van der Waals surface area contributed by atoms with Crippen LogP contribution in [0.25, 0.3) is 0 Å². The number of hydrogen-bond donors (Lipinski definition) is 2. The smallest absolute Gasteiger partial charge is 0.241 e. The zero-order valence-corrected chi connectivity index (χ0v) is 12.5. The summed E-state index contributed by atoms with van der Waals surface area (Å²) >= 11 is 0. The van der Waals surface area contributed by atoms with E-state index in [-0.39, 0.29) is 11.9 Å². The van der Waals surface area contributed by atoms with Crippen molar-refractivity contribution >= 4 is 5.91 Å². The van der Waals surface area contributed by atoms with Crippen LogP contribution in [0, 0.1) is 0 Å². The SMILES string of the molecule is O=C(C1CNCCN1)N1CCCC[C@@H]1CCn1ccnc1. The Morgan fingerprint density at radius 1 is 1.33 bits per heavy atom. The summed E-state index contributed by atoms with van der Waals surface area (Å²) in [5.74, 6) is 0.275. The number of piperazine rings is 1. The monoisotopic (exact) mass is 291 g/mol. The highest BCUT2D eigenvalue weighted by Crippen LogP contribution is 2.21. The largest absolute Gasteiger partial charge is 0.338 e. The van der Waals surface area contributed by atoms with Gasteiger partial charge in [-0.3, -0.25) is 4.79 Å². The fourth-order valence-corrected chi connectivity index (χ4v) is 3.34. The van der Waals surface area contributed by atoms with E-state index in [1.807, 2.05) is 12.5 Å². The summed E-state index contributed by atoms with van der Waals surface area (Å²) in [7, 11) is 0. The van der Waals surface area contributed by atoms with Gasteiger partial charge in [0.25, 0.3) is 0 Å². The van der Waals surface area contributed by atoms with Gasteiger partial charge in [-0.25, -0.2) is 4.98 Å². The second-order valence-electron chi connectivity index (χ2n) is 5.98. The lowest BCUT2D eigenvalue weighted by Gasteiger charge is -2.39. The van der Waals surface area contributed by atoms with Crippen molar-refractivity contribution in [1.29, 1.82) is 0 Å². The van der Waals surface area contributed by atoms with Crippen LogP contribution in [0.5, 0.6) is 0 Å². The van der Waals surface area contributed by atoms with Crippen LogP contribution in [-0.2, 0) is 11.3 Å². The van der Waals surface area contributed by atoms with Gasteiger partial charge in [-0.1, -0.05) is 0 Å². The highest BCUT2D eigenvalue weighted by atomic mass is 16.2. The lowest BCUT2D eigenvalue weighted by Crippen LogP contribution is -2.59.